The number of carbonyl (C=O) groups is 2. The van der Waals surface area contributed by atoms with Crippen LogP contribution in [0.1, 0.15) is 23.0 Å². The number of carboxylic acid groups (broad SMARTS) is 1. The van der Waals surface area contributed by atoms with E-state index in [0.717, 1.165) is 0 Å². The number of morpholine rings is 1. The number of rotatable bonds is 3. The van der Waals surface area contributed by atoms with E-state index < -0.39 is 12.1 Å². The Bertz CT molecular complexity index is 543. The van der Waals surface area contributed by atoms with Gasteiger partial charge in [-0.15, -0.1) is 0 Å². The summed E-state index contributed by atoms with van der Waals surface area (Å²) in [6.07, 6.45) is -0.993. The molecule has 0 spiro atoms. The molecule has 1 saturated heterocycles. The van der Waals surface area contributed by atoms with Crippen LogP contribution in [0.15, 0.2) is 0 Å². The number of halogens is 1. The molecule has 0 aromatic carbocycles. The van der Waals surface area contributed by atoms with Crippen molar-refractivity contribution >= 4 is 23.5 Å². The fraction of sp³-hybridized carbons (Fsp3) is 0.583. The third kappa shape index (κ3) is 2.64. The molecule has 110 valence electrons. The molecule has 1 amide bonds. The molecule has 1 aromatic heterocycles. The van der Waals surface area contributed by atoms with Gasteiger partial charge in [-0.1, -0.05) is 11.6 Å². The summed E-state index contributed by atoms with van der Waals surface area (Å²) in [6, 6.07) is 0. The summed E-state index contributed by atoms with van der Waals surface area (Å²) in [6.45, 7) is 4.70. The van der Waals surface area contributed by atoms with Gasteiger partial charge in [-0.25, -0.2) is 4.79 Å². The van der Waals surface area contributed by atoms with Gasteiger partial charge in [0.25, 0.3) is 5.91 Å². The number of carbonyl (C=O) groups excluding carboxylic acids is 1. The lowest BCUT2D eigenvalue weighted by atomic mass is 10.2. The van der Waals surface area contributed by atoms with E-state index >= 15 is 0 Å². The van der Waals surface area contributed by atoms with Gasteiger partial charge in [0.05, 0.1) is 24.4 Å². The Labute approximate surface area is 121 Å². The summed E-state index contributed by atoms with van der Waals surface area (Å²) in [5, 5.41) is 13.4. The fourth-order valence-corrected chi connectivity index (χ4v) is 2.52. The topological polar surface area (TPSA) is 84.7 Å². The van der Waals surface area contributed by atoms with Crippen LogP contribution in [0.2, 0.25) is 5.15 Å². The molecule has 1 atom stereocenters. The molecule has 0 saturated carbocycles. The highest BCUT2D eigenvalue weighted by molar-refractivity contribution is 6.33. The predicted octanol–water partition coefficient (Wildman–Crippen LogP) is 0.790. The Balaban J connectivity index is 2.23. The normalized spacial score (nSPS) is 19.1. The predicted molar refractivity (Wildman–Crippen MR) is 70.9 cm³/mol. The number of aromatic nitrogens is 2. The number of aliphatic carboxylic acids is 1. The van der Waals surface area contributed by atoms with E-state index in [0.29, 0.717) is 24.3 Å². The molecule has 0 radical (unpaired) electrons. The van der Waals surface area contributed by atoms with Gasteiger partial charge in [-0.2, -0.15) is 5.10 Å². The highest BCUT2D eigenvalue weighted by Gasteiger charge is 2.32. The summed E-state index contributed by atoms with van der Waals surface area (Å²) in [5.41, 5.74) is 0.875. The summed E-state index contributed by atoms with van der Waals surface area (Å²) >= 11 is 6.15. The van der Waals surface area contributed by atoms with E-state index in [-0.39, 0.29) is 24.2 Å². The minimum absolute atomic E-state index is 0.0151. The van der Waals surface area contributed by atoms with Crippen LogP contribution in [0.5, 0.6) is 0 Å². The van der Waals surface area contributed by atoms with Crippen molar-refractivity contribution in [1.29, 1.82) is 0 Å². The minimum Gasteiger partial charge on any atom is -0.479 e. The lowest BCUT2D eigenvalue weighted by Crippen LogP contribution is -2.48. The Morgan fingerprint density at radius 3 is 2.80 bits per heavy atom. The first-order chi connectivity index (χ1) is 9.45. The number of amides is 1. The lowest BCUT2D eigenvalue weighted by Gasteiger charge is -2.30. The van der Waals surface area contributed by atoms with Gasteiger partial charge < -0.3 is 14.7 Å². The summed E-state index contributed by atoms with van der Waals surface area (Å²) in [7, 11) is 0. The highest BCUT2D eigenvalue weighted by atomic mass is 35.5. The SMILES string of the molecule is CCn1nc(C)c(C(=O)N2CCO[C@H](C(=O)O)C2)c1Cl. The Hall–Kier alpha value is -1.60. The van der Waals surface area contributed by atoms with Crippen LogP contribution >= 0.6 is 11.6 Å². The smallest absolute Gasteiger partial charge is 0.334 e. The quantitative estimate of drug-likeness (QED) is 0.892. The Kier molecular flexibility index (Phi) is 4.29. The third-order valence-corrected chi connectivity index (χ3v) is 3.59. The molecule has 1 aliphatic rings. The zero-order chi connectivity index (χ0) is 14.9. The summed E-state index contributed by atoms with van der Waals surface area (Å²) < 4.78 is 6.64. The molecule has 7 nitrogen and oxygen atoms in total. The highest BCUT2D eigenvalue weighted by Crippen LogP contribution is 2.22. The van der Waals surface area contributed by atoms with Crippen LogP contribution in [0, 0.1) is 6.92 Å². The molecule has 2 rings (SSSR count). The number of ether oxygens (including phenoxy) is 1. The lowest BCUT2D eigenvalue weighted by molar-refractivity contribution is -0.154. The molecule has 1 N–H and O–H groups in total. The fourth-order valence-electron chi connectivity index (χ4n) is 2.15. The number of carboxylic acids is 1. The molecule has 0 bridgehead atoms. The number of aryl methyl sites for hydroxylation is 2. The van der Waals surface area contributed by atoms with E-state index in [1.165, 1.54) is 4.90 Å². The van der Waals surface area contributed by atoms with E-state index in [2.05, 4.69) is 5.10 Å². The molecule has 1 aliphatic heterocycles. The maximum absolute atomic E-state index is 12.5. The molecule has 2 heterocycles. The van der Waals surface area contributed by atoms with E-state index in [4.69, 9.17) is 21.4 Å². The van der Waals surface area contributed by atoms with Crippen molar-refractivity contribution in [2.45, 2.75) is 26.5 Å². The van der Waals surface area contributed by atoms with Crippen LogP contribution in [0.25, 0.3) is 0 Å². The average molecular weight is 302 g/mol. The standard InChI is InChI=1S/C12H16ClN3O4/c1-3-16-10(13)9(7(2)14-16)11(17)15-4-5-20-8(6-15)12(18)19/h8H,3-6H2,1-2H3,(H,18,19)/t8-/m0/s1. The minimum atomic E-state index is -1.07. The average Bonchev–Trinajstić information content (AvgIpc) is 2.72. The monoisotopic (exact) mass is 301 g/mol. The third-order valence-electron chi connectivity index (χ3n) is 3.21. The van der Waals surface area contributed by atoms with Gasteiger partial charge >= 0.3 is 5.97 Å². The van der Waals surface area contributed by atoms with Crippen LogP contribution in [0.4, 0.5) is 0 Å². The van der Waals surface area contributed by atoms with Crippen molar-refractivity contribution < 1.29 is 19.4 Å². The molecule has 1 aromatic rings. The van der Waals surface area contributed by atoms with Gasteiger partial charge in [-0.3, -0.25) is 9.48 Å². The van der Waals surface area contributed by atoms with Gasteiger partial charge in [-0.05, 0) is 13.8 Å². The number of hydrogen-bond acceptors (Lipinski definition) is 4. The summed E-state index contributed by atoms with van der Waals surface area (Å²) in [4.78, 5) is 24.9. The van der Waals surface area contributed by atoms with Crippen LogP contribution in [-0.2, 0) is 16.1 Å². The van der Waals surface area contributed by atoms with Crippen LogP contribution in [-0.4, -0.2) is 57.5 Å². The van der Waals surface area contributed by atoms with Gasteiger partial charge in [0.15, 0.2) is 6.10 Å². The molecule has 8 heteroatoms. The van der Waals surface area contributed by atoms with Crippen LogP contribution in [0.3, 0.4) is 0 Å². The van der Waals surface area contributed by atoms with Gasteiger partial charge in [0, 0.05) is 13.1 Å². The first kappa shape index (κ1) is 14.8. The second kappa shape index (κ2) is 5.80. The maximum atomic E-state index is 12.5. The molecule has 20 heavy (non-hydrogen) atoms. The van der Waals surface area contributed by atoms with E-state index in [1.807, 2.05) is 6.92 Å². The maximum Gasteiger partial charge on any atom is 0.334 e. The van der Waals surface area contributed by atoms with Gasteiger partial charge in [0.2, 0.25) is 0 Å². The van der Waals surface area contributed by atoms with Crippen molar-refractivity contribution in [3.8, 4) is 0 Å². The zero-order valence-corrected chi connectivity index (χ0v) is 12.1. The number of nitrogens with zero attached hydrogens (tertiary/aromatic N) is 3. The molecule has 1 fully saturated rings. The molecule has 0 unspecified atom stereocenters. The Morgan fingerprint density at radius 2 is 2.25 bits per heavy atom. The van der Waals surface area contributed by atoms with E-state index in [9.17, 15) is 9.59 Å². The van der Waals surface area contributed by atoms with Crippen molar-refractivity contribution in [3.05, 3.63) is 16.4 Å². The van der Waals surface area contributed by atoms with E-state index in [1.54, 1.807) is 11.6 Å². The first-order valence-electron chi connectivity index (χ1n) is 6.32. The van der Waals surface area contributed by atoms with Crippen molar-refractivity contribution in [1.82, 2.24) is 14.7 Å². The zero-order valence-electron chi connectivity index (χ0n) is 11.3. The second-order valence-corrected chi connectivity index (χ2v) is 4.87. The van der Waals surface area contributed by atoms with Crippen molar-refractivity contribution in [2.75, 3.05) is 19.7 Å². The molecule has 0 aliphatic carbocycles. The number of hydrogen-bond donors (Lipinski definition) is 1. The Morgan fingerprint density at radius 1 is 1.55 bits per heavy atom. The molecular formula is C12H16ClN3O4. The van der Waals surface area contributed by atoms with Crippen molar-refractivity contribution in [3.63, 3.8) is 0 Å². The van der Waals surface area contributed by atoms with Gasteiger partial charge in [0.1, 0.15) is 5.15 Å². The largest absolute Gasteiger partial charge is 0.479 e. The second-order valence-electron chi connectivity index (χ2n) is 4.52. The van der Waals surface area contributed by atoms with Crippen molar-refractivity contribution in [2.24, 2.45) is 0 Å². The van der Waals surface area contributed by atoms with Crippen LogP contribution < -0.4 is 0 Å². The molecular weight excluding hydrogens is 286 g/mol. The first-order valence-corrected chi connectivity index (χ1v) is 6.70. The summed E-state index contributed by atoms with van der Waals surface area (Å²) in [5.74, 6) is -1.38.